The maximum Gasteiger partial charge on any atom is 0.305 e. The molecule has 1 N–H and O–H groups in total. The van der Waals surface area contributed by atoms with Gasteiger partial charge < -0.3 is 29.2 Å². The number of thioether (sulfide) groups is 1. The third-order valence-corrected chi connectivity index (χ3v) is 9.42. The topological polar surface area (TPSA) is 93.1 Å². The van der Waals surface area contributed by atoms with E-state index in [0.29, 0.717) is 53.5 Å². The maximum atomic E-state index is 13.6. The van der Waals surface area contributed by atoms with Gasteiger partial charge in [-0.1, -0.05) is 41.4 Å². The van der Waals surface area contributed by atoms with Crippen LogP contribution in [-0.4, -0.2) is 71.1 Å². The van der Waals surface area contributed by atoms with Crippen molar-refractivity contribution in [2.45, 2.75) is 38.0 Å². The van der Waals surface area contributed by atoms with Crippen molar-refractivity contribution in [3.63, 3.8) is 0 Å². The number of amides is 2. The molecule has 0 aliphatic carbocycles. The highest BCUT2D eigenvalue weighted by Crippen LogP contribution is 2.36. The smallest absolute Gasteiger partial charge is 0.305 e. The predicted molar refractivity (Wildman–Crippen MR) is 166 cm³/mol. The van der Waals surface area contributed by atoms with Gasteiger partial charge in [-0.3, -0.25) is 14.4 Å². The number of likely N-dealkylation sites (tertiary alicyclic amines) is 1. The molecule has 12 heteroatoms. The standard InChI is InChI=1S/C30H32Cl2N4O5S/c1-34-16-22(21-6-4-5-7-26(21)34)30(39)33-25-13-23(31)18(10-24(25)32)11-28(37)36-14-19(40-2)12-27(36)35-15-20(42-17-35)8-9-29(38)41-3/h4-7,10,13,15-16,19,27H,8-9,11-12,14,17H2,1-3H3,(H,33,39)/t19-,27?/m1/s1. The van der Waals surface area contributed by atoms with E-state index in [1.54, 1.807) is 37.2 Å². The molecule has 0 saturated carbocycles. The van der Waals surface area contributed by atoms with Crippen LogP contribution in [0, 0.1) is 0 Å². The highest BCUT2D eigenvalue weighted by Gasteiger charge is 2.39. The zero-order valence-corrected chi connectivity index (χ0v) is 25.9. The first-order valence-electron chi connectivity index (χ1n) is 13.5. The fraction of sp³-hybridized carbons (Fsp3) is 0.367. The summed E-state index contributed by atoms with van der Waals surface area (Å²) in [6.45, 7) is 0.455. The molecule has 2 amide bonds. The molecule has 222 valence electrons. The Morgan fingerprint density at radius 1 is 1.12 bits per heavy atom. The molecule has 1 fully saturated rings. The number of nitrogens with one attached hydrogen (secondary N) is 1. The summed E-state index contributed by atoms with van der Waals surface area (Å²) in [5.41, 5.74) is 2.40. The van der Waals surface area contributed by atoms with Crippen LogP contribution in [0.5, 0.6) is 0 Å². The van der Waals surface area contributed by atoms with Gasteiger partial charge in [0.2, 0.25) is 5.91 Å². The Kier molecular flexibility index (Phi) is 9.37. The van der Waals surface area contributed by atoms with E-state index >= 15 is 0 Å². The van der Waals surface area contributed by atoms with Gasteiger partial charge in [0.15, 0.2) is 0 Å². The van der Waals surface area contributed by atoms with Crippen molar-refractivity contribution in [2.24, 2.45) is 7.05 Å². The number of halogens is 2. The van der Waals surface area contributed by atoms with Crippen molar-refractivity contribution in [3.8, 4) is 0 Å². The lowest BCUT2D eigenvalue weighted by Gasteiger charge is -2.32. The average Bonchev–Trinajstić information content (AvgIpc) is 3.71. The Morgan fingerprint density at radius 2 is 1.90 bits per heavy atom. The van der Waals surface area contributed by atoms with Crippen molar-refractivity contribution < 1.29 is 23.9 Å². The Bertz CT molecular complexity index is 1560. The Labute approximate surface area is 258 Å². The molecule has 0 radical (unpaired) electrons. The molecule has 5 rings (SSSR count). The van der Waals surface area contributed by atoms with E-state index in [-0.39, 0.29) is 41.5 Å². The summed E-state index contributed by atoms with van der Waals surface area (Å²) in [7, 11) is 4.92. The second-order valence-electron chi connectivity index (χ2n) is 10.3. The van der Waals surface area contributed by atoms with Crippen LogP contribution in [0.4, 0.5) is 5.69 Å². The van der Waals surface area contributed by atoms with Crippen LogP contribution in [0.2, 0.25) is 10.0 Å². The minimum Gasteiger partial charge on any atom is -0.469 e. The molecule has 1 unspecified atom stereocenters. The van der Waals surface area contributed by atoms with E-state index in [4.69, 9.17) is 32.7 Å². The van der Waals surface area contributed by atoms with Gasteiger partial charge in [-0.15, -0.1) is 11.8 Å². The molecule has 2 aliphatic heterocycles. The normalized spacial score (nSPS) is 18.5. The van der Waals surface area contributed by atoms with E-state index < -0.39 is 0 Å². The summed E-state index contributed by atoms with van der Waals surface area (Å²) in [5.74, 6) is 0.0221. The summed E-state index contributed by atoms with van der Waals surface area (Å²) in [6, 6.07) is 10.9. The molecule has 1 aromatic heterocycles. The number of rotatable bonds is 9. The molecular formula is C30H32Cl2N4O5S. The molecule has 2 aromatic carbocycles. The number of nitrogens with zero attached hydrogens (tertiary/aromatic N) is 3. The molecular weight excluding hydrogens is 599 g/mol. The number of ether oxygens (including phenoxy) is 2. The summed E-state index contributed by atoms with van der Waals surface area (Å²) < 4.78 is 12.3. The van der Waals surface area contributed by atoms with E-state index in [2.05, 4.69) is 10.2 Å². The van der Waals surface area contributed by atoms with Crippen molar-refractivity contribution in [3.05, 3.63) is 74.9 Å². The number of esters is 1. The van der Waals surface area contributed by atoms with Gasteiger partial charge in [0.25, 0.3) is 5.91 Å². The van der Waals surface area contributed by atoms with Crippen LogP contribution >= 0.6 is 35.0 Å². The van der Waals surface area contributed by atoms with Gasteiger partial charge in [-0.05, 0) is 30.2 Å². The number of methoxy groups -OCH3 is 2. The lowest BCUT2D eigenvalue weighted by atomic mass is 10.1. The number of carbonyl (C=O) groups is 3. The number of benzene rings is 2. The monoisotopic (exact) mass is 630 g/mol. The number of hydrogen-bond donors (Lipinski definition) is 1. The number of carbonyl (C=O) groups excluding carboxylic acids is 3. The third kappa shape index (κ3) is 6.41. The second kappa shape index (κ2) is 13.0. The molecule has 42 heavy (non-hydrogen) atoms. The van der Waals surface area contributed by atoms with Gasteiger partial charge in [0.1, 0.15) is 6.17 Å². The van der Waals surface area contributed by atoms with Crippen molar-refractivity contribution in [1.82, 2.24) is 14.4 Å². The molecule has 3 heterocycles. The first-order chi connectivity index (χ1) is 20.2. The number of allylic oxidation sites excluding steroid dienone is 1. The average molecular weight is 632 g/mol. The van der Waals surface area contributed by atoms with Gasteiger partial charge in [-0.2, -0.15) is 0 Å². The maximum absolute atomic E-state index is 13.6. The first-order valence-corrected chi connectivity index (χ1v) is 15.2. The number of para-hydroxylation sites is 1. The zero-order valence-electron chi connectivity index (χ0n) is 23.6. The summed E-state index contributed by atoms with van der Waals surface area (Å²) in [6.07, 6.45) is 5.14. The number of hydrogen-bond acceptors (Lipinski definition) is 7. The third-order valence-electron chi connectivity index (χ3n) is 7.65. The largest absolute Gasteiger partial charge is 0.469 e. The Morgan fingerprint density at radius 3 is 2.67 bits per heavy atom. The summed E-state index contributed by atoms with van der Waals surface area (Å²) in [4.78, 5) is 43.3. The van der Waals surface area contributed by atoms with Crippen molar-refractivity contribution in [1.29, 1.82) is 0 Å². The Hall–Kier alpha value is -3.18. The van der Waals surface area contributed by atoms with Crippen LogP contribution in [0.1, 0.15) is 35.2 Å². The highest BCUT2D eigenvalue weighted by atomic mass is 35.5. The second-order valence-corrected chi connectivity index (χ2v) is 12.2. The number of fused-ring (bicyclic) bond motifs is 1. The quantitative estimate of drug-likeness (QED) is 0.305. The number of anilines is 1. The van der Waals surface area contributed by atoms with E-state index in [0.717, 1.165) is 15.8 Å². The SMILES string of the molecule is COC(=O)CCC1=CN(C2C[C@@H](OC)CN2C(=O)Cc2cc(Cl)c(NC(=O)c3cn(C)c4ccccc34)cc2Cl)CS1. The van der Waals surface area contributed by atoms with Crippen molar-refractivity contribution in [2.75, 3.05) is 32.0 Å². The zero-order chi connectivity index (χ0) is 30.0. The molecule has 9 nitrogen and oxygen atoms in total. The Balaban J connectivity index is 1.28. The van der Waals surface area contributed by atoms with Crippen LogP contribution in [0.25, 0.3) is 10.9 Å². The summed E-state index contributed by atoms with van der Waals surface area (Å²) >= 11 is 14.9. The molecule has 2 atom stereocenters. The number of aryl methyl sites for hydroxylation is 1. The van der Waals surface area contributed by atoms with Crippen LogP contribution in [0.15, 0.2) is 53.7 Å². The first kappa shape index (κ1) is 30.3. The van der Waals surface area contributed by atoms with Crippen molar-refractivity contribution >= 4 is 69.3 Å². The molecule has 2 aliphatic rings. The van der Waals surface area contributed by atoms with Crippen LogP contribution < -0.4 is 5.32 Å². The minimum atomic E-state index is -0.304. The fourth-order valence-electron chi connectivity index (χ4n) is 5.38. The highest BCUT2D eigenvalue weighted by molar-refractivity contribution is 8.03. The van der Waals surface area contributed by atoms with E-state index in [1.165, 1.54) is 7.11 Å². The van der Waals surface area contributed by atoms with Gasteiger partial charge in [-0.25, -0.2) is 0 Å². The minimum absolute atomic E-state index is 0.0446. The molecule has 0 spiro atoms. The molecule has 1 saturated heterocycles. The fourth-order valence-corrected chi connectivity index (χ4v) is 6.86. The molecule has 3 aromatic rings. The van der Waals surface area contributed by atoms with Gasteiger partial charge in [0, 0.05) is 60.4 Å². The van der Waals surface area contributed by atoms with Gasteiger partial charge >= 0.3 is 5.97 Å². The molecule has 0 bridgehead atoms. The van der Waals surface area contributed by atoms with E-state index in [1.807, 2.05) is 47.0 Å². The summed E-state index contributed by atoms with van der Waals surface area (Å²) in [5, 5.41) is 4.32. The van der Waals surface area contributed by atoms with E-state index in [9.17, 15) is 14.4 Å². The van der Waals surface area contributed by atoms with Gasteiger partial charge in [0.05, 0.1) is 48.2 Å². The lowest BCUT2D eigenvalue weighted by molar-refractivity contribution is -0.140. The van der Waals surface area contributed by atoms with Crippen LogP contribution in [-0.2, 0) is 32.5 Å². The van der Waals surface area contributed by atoms with Crippen LogP contribution in [0.3, 0.4) is 0 Å². The number of aromatic nitrogens is 1. The predicted octanol–water partition coefficient (Wildman–Crippen LogP) is 5.65. The lowest BCUT2D eigenvalue weighted by Crippen LogP contribution is -2.44.